The number of carbonyl (C=O) groups excluding carboxylic acids is 13. The van der Waals surface area contributed by atoms with Gasteiger partial charge < -0.3 is 66.1 Å². The third-order valence-electron chi connectivity index (χ3n) is 19.4. The van der Waals surface area contributed by atoms with Crippen LogP contribution in [0.25, 0.3) is 0 Å². The van der Waals surface area contributed by atoms with E-state index in [1.54, 1.807) is 158 Å². The molecule has 3 aliphatic rings. The lowest BCUT2D eigenvalue weighted by atomic mass is 9.96. The monoisotopic (exact) mass is 1400 g/mol. The maximum atomic E-state index is 15.1. The number of hydroxylamine groups is 2. The first-order chi connectivity index (χ1) is 47.8. The normalized spacial score (nSPS) is 19.6. The lowest BCUT2D eigenvalue weighted by Crippen LogP contribution is -2.61. The Labute approximate surface area is 594 Å². The van der Waals surface area contributed by atoms with Gasteiger partial charge in [0.2, 0.25) is 65.0 Å². The molecule has 3 saturated heterocycles. The number of hydrogen-bond donors (Lipinski definition) is 6. The van der Waals surface area contributed by atoms with Crippen LogP contribution in [0.1, 0.15) is 124 Å². The molecule has 27 heteroatoms. The number of piperidine rings is 1. The topological polar surface area (TPSA) is 326 Å². The van der Waals surface area contributed by atoms with E-state index >= 15 is 4.79 Å². The van der Waals surface area contributed by atoms with E-state index in [1.807, 2.05) is 13.8 Å². The van der Waals surface area contributed by atoms with Crippen LogP contribution in [0, 0.1) is 17.8 Å². The first kappa shape index (κ1) is 80.9. The highest BCUT2D eigenvalue weighted by molar-refractivity contribution is 6.00. The molecule has 2 unspecified atom stereocenters. The number of carbonyl (C=O) groups is 13. The van der Waals surface area contributed by atoms with Crippen molar-refractivity contribution in [1.29, 1.82) is 0 Å². The van der Waals surface area contributed by atoms with E-state index in [0.717, 1.165) is 29.2 Å². The second kappa shape index (κ2) is 37.5. The van der Waals surface area contributed by atoms with Gasteiger partial charge in [0.15, 0.2) is 0 Å². The molecule has 13 atom stereocenters. The molecule has 3 heterocycles. The van der Waals surface area contributed by atoms with Crippen LogP contribution in [-0.2, 0) is 86.4 Å². The Bertz CT molecular complexity index is 3370. The van der Waals surface area contributed by atoms with Gasteiger partial charge in [-0.2, -0.15) is 0 Å². The standard InChI is InChI=1S/C74H107N13O14/c1-44(2)38-58(81(12)60(89)43-76-66(92)57(42-53-32-24-18-25-33-53)87-74(100)63(50(10)101-87)86-47(7)39-59(72(86)98)83(14)73(99)61(45(3)4)80-64(90)48(8)75-11)71(97)84(15)62(46(5)6)68(94)79-55(40-51-28-20-16-21-29-51)65(91)78-54(34-37-88)70(96)82(13)56(41-52-30-22-17-23-31-52)67(93)77-49(9)69(95)85-35-26-19-27-36-85/h16-18,20-25,28-33,37,44-50,54-59,61-63,75H,19,26-27,34-36,38-43H2,1-15H3,(H,76,92)(H,77,93)(H,78,91)(H,79,94)(H,80,90)/t47?,48-,49-,50+,54-,55-,56?,57-,58-,59-,61-,62-,63-/m0/s1. The van der Waals surface area contributed by atoms with Crippen molar-refractivity contribution in [2.75, 3.05) is 54.9 Å². The van der Waals surface area contributed by atoms with Gasteiger partial charge in [-0.25, -0.2) is 5.06 Å². The fourth-order valence-electron chi connectivity index (χ4n) is 13.3. The average Bonchev–Trinajstić information content (AvgIpc) is 1.61. The van der Waals surface area contributed by atoms with Crippen molar-refractivity contribution in [3.8, 4) is 0 Å². The minimum atomic E-state index is -1.53. The molecular weight excluding hydrogens is 1290 g/mol. The minimum Gasteiger partial charge on any atom is -0.345 e. The van der Waals surface area contributed by atoms with Gasteiger partial charge in [0.05, 0.1) is 12.6 Å². The molecule has 3 aromatic rings. The van der Waals surface area contributed by atoms with E-state index in [9.17, 15) is 57.5 Å². The third-order valence-corrected chi connectivity index (χ3v) is 19.4. The number of benzene rings is 3. The van der Waals surface area contributed by atoms with E-state index in [4.69, 9.17) is 4.84 Å². The van der Waals surface area contributed by atoms with Gasteiger partial charge in [-0.1, -0.05) is 133 Å². The lowest BCUT2D eigenvalue weighted by Gasteiger charge is -2.37. The van der Waals surface area contributed by atoms with Crippen LogP contribution in [0.5, 0.6) is 0 Å². The van der Waals surface area contributed by atoms with Gasteiger partial charge in [-0.3, -0.25) is 62.4 Å². The summed E-state index contributed by atoms with van der Waals surface area (Å²) < 4.78 is 0. The van der Waals surface area contributed by atoms with Gasteiger partial charge in [0.25, 0.3) is 5.91 Å². The van der Waals surface area contributed by atoms with Crippen molar-refractivity contribution >= 4 is 77.2 Å². The highest BCUT2D eigenvalue weighted by atomic mass is 16.7. The molecule has 27 nitrogen and oxygen atoms in total. The van der Waals surface area contributed by atoms with Crippen LogP contribution in [-0.4, -0.2) is 245 Å². The molecule has 101 heavy (non-hydrogen) atoms. The molecule has 0 aromatic heterocycles. The first-order valence-corrected chi connectivity index (χ1v) is 35.2. The summed E-state index contributed by atoms with van der Waals surface area (Å²) in [6.45, 7) is 17.7. The van der Waals surface area contributed by atoms with Crippen LogP contribution < -0.4 is 31.9 Å². The number of nitrogens with one attached hydrogen (secondary N) is 6. The number of likely N-dealkylation sites (tertiary alicyclic amines) is 2. The van der Waals surface area contributed by atoms with Crippen LogP contribution in [0.3, 0.4) is 0 Å². The zero-order valence-electron chi connectivity index (χ0n) is 61.3. The van der Waals surface area contributed by atoms with E-state index in [0.29, 0.717) is 36.1 Å². The van der Waals surface area contributed by atoms with Gasteiger partial charge >= 0.3 is 0 Å². The summed E-state index contributed by atoms with van der Waals surface area (Å²) in [6.07, 6.45) is 1.73. The third kappa shape index (κ3) is 21.0. The van der Waals surface area contributed by atoms with Crippen molar-refractivity contribution in [3.63, 3.8) is 0 Å². The maximum absolute atomic E-state index is 15.1. The van der Waals surface area contributed by atoms with Gasteiger partial charge in [0, 0.05) is 73.0 Å². The summed E-state index contributed by atoms with van der Waals surface area (Å²) in [5.41, 5.74) is 1.93. The fraction of sp³-hybridized carbons (Fsp3) is 0.581. The zero-order valence-corrected chi connectivity index (χ0v) is 61.3. The Morgan fingerprint density at radius 1 is 0.574 bits per heavy atom. The Hall–Kier alpha value is -9.11. The Balaban J connectivity index is 1.18. The number of rotatable bonds is 34. The van der Waals surface area contributed by atoms with Crippen LogP contribution in [0.4, 0.5) is 0 Å². The summed E-state index contributed by atoms with van der Waals surface area (Å²) in [7, 11) is 7.30. The SMILES string of the molecule is CN[C@@H](C)C(=O)N[C@H](C(=O)N(C)[C@H]1CC(C)N([C@@H]2C(=O)N([C@@H](Cc3ccccc3)C(=O)NCC(=O)N(C)[C@@H](CC(C)C)C(=O)N(C)[C@H](C(=O)N[C@@H](Cc3ccccc3)C(=O)N[C@@H](CC=O)C(=O)N(C)C(Cc3ccccc3)C(=O)N[C@@H](C)C(=O)N3CCCCC3)C(C)C)O[C@@H]2C)C1=O)C(C)C. The van der Waals surface area contributed by atoms with E-state index in [2.05, 4.69) is 31.9 Å². The Morgan fingerprint density at radius 3 is 1.66 bits per heavy atom. The van der Waals surface area contributed by atoms with Crippen molar-refractivity contribution in [1.82, 2.24) is 66.4 Å². The number of aldehydes is 1. The fourth-order valence-corrected chi connectivity index (χ4v) is 13.3. The molecule has 0 bridgehead atoms. The van der Waals surface area contributed by atoms with Crippen molar-refractivity contribution in [2.45, 2.75) is 206 Å². The molecule has 3 aromatic carbocycles. The summed E-state index contributed by atoms with van der Waals surface area (Å²) in [6, 6.07) is 13.2. The molecule has 6 N–H and O–H groups in total. The van der Waals surface area contributed by atoms with E-state index < -0.39 is 162 Å². The molecular formula is C74H107N13O14. The molecule has 3 aliphatic heterocycles. The van der Waals surface area contributed by atoms with Gasteiger partial charge in [-0.15, -0.1) is 0 Å². The van der Waals surface area contributed by atoms with Crippen LogP contribution >= 0.6 is 0 Å². The van der Waals surface area contributed by atoms with Crippen molar-refractivity contribution in [2.24, 2.45) is 17.8 Å². The molecule has 552 valence electrons. The minimum absolute atomic E-state index is 0.0177. The molecule has 0 aliphatic carbocycles. The smallest absolute Gasteiger partial charge is 0.272 e. The van der Waals surface area contributed by atoms with E-state index in [1.165, 1.54) is 47.8 Å². The lowest BCUT2D eigenvalue weighted by molar-refractivity contribution is -0.189. The predicted octanol–water partition coefficient (Wildman–Crippen LogP) is 2.19. The van der Waals surface area contributed by atoms with Crippen molar-refractivity contribution in [3.05, 3.63) is 108 Å². The van der Waals surface area contributed by atoms with Crippen molar-refractivity contribution < 1.29 is 67.2 Å². The first-order valence-electron chi connectivity index (χ1n) is 35.2. The molecule has 0 radical (unpaired) electrons. The molecule has 0 spiro atoms. The summed E-state index contributed by atoms with van der Waals surface area (Å²) >= 11 is 0. The largest absolute Gasteiger partial charge is 0.345 e. The quantitative estimate of drug-likeness (QED) is 0.0467. The molecule has 6 rings (SSSR count). The predicted molar refractivity (Wildman–Crippen MR) is 378 cm³/mol. The summed E-state index contributed by atoms with van der Waals surface area (Å²) in [4.78, 5) is 199. The molecule has 3 fully saturated rings. The average molecular weight is 1400 g/mol. The molecule has 0 saturated carbocycles. The molecule has 12 amide bonds. The Morgan fingerprint density at radius 2 is 1.13 bits per heavy atom. The van der Waals surface area contributed by atoms with Crippen LogP contribution in [0.15, 0.2) is 91.0 Å². The van der Waals surface area contributed by atoms with E-state index in [-0.39, 0.29) is 49.8 Å². The Kier molecular flexibility index (Phi) is 30.0. The highest BCUT2D eigenvalue weighted by Gasteiger charge is 2.55. The van der Waals surface area contributed by atoms with Crippen LogP contribution in [0.2, 0.25) is 0 Å². The second-order valence-corrected chi connectivity index (χ2v) is 28.2. The summed E-state index contributed by atoms with van der Waals surface area (Å²) in [5, 5.41) is 17.6. The van der Waals surface area contributed by atoms with Gasteiger partial charge in [-0.05, 0) is 101 Å². The highest BCUT2D eigenvalue weighted by Crippen LogP contribution is 2.33. The number of hydrogen-bond acceptors (Lipinski definition) is 15. The van der Waals surface area contributed by atoms with Gasteiger partial charge in [0.1, 0.15) is 72.8 Å². The zero-order chi connectivity index (χ0) is 74.7. The number of amides is 12. The number of likely N-dealkylation sites (N-methyl/N-ethyl adjacent to an activating group) is 5. The second-order valence-electron chi connectivity index (χ2n) is 28.2. The maximum Gasteiger partial charge on any atom is 0.272 e. The number of nitrogens with zero attached hydrogens (tertiary/aromatic N) is 7. The summed E-state index contributed by atoms with van der Waals surface area (Å²) in [5.74, 6) is -8.69.